The Balaban J connectivity index is 1.66. The van der Waals surface area contributed by atoms with Gasteiger partial charge in [-0.25, -0.2) is 4.98 Å². The molecule has 1 amide bonds. The third-order valence-electron chi connectivity index (χ3n) is 4.66. The minimum Gasteiger partial charge on any atom is -0.508 e. The number of rotatable bonds is 4. The highest BCUT2D eigenvalue weighted by atomic mass is 32.2. The fourth-order valence-corrected chi connectivity index (χ4v) is 4.20. The van der Waals surface area contributed by atoms with Crippen LogP contribution in [-0.2, 0) is 10.5 Å². The molecule has 0 spiro atoms. The van der Waals surface area contributed by atoms with Gasteiger partial charge in [0.25, 0.3) is 5.56 Å². The lowest BCUT2D eigenvalue weighted by molar-refractivity contribution is -0.116. The van der Waals surface area contributed by atoms with Crippen LogP contribution in [0.3, 0.4) is 0 Å². The Kier molecular flexibility index (Phi) is 4.92. The van der Waals surface area contributed by atoms with E-state index in [4.69, 9.17) is 0 Å². The van der Waals surface area contributed by atoms with Gasteiger partial charge in [-0.05, 0) is 30.2 Å². The molecule has 2 heterocycles. The second-order valence-electron chi connectivity index (χ2n) is 6.81. The fraction of sp³-hybridized carbons (Fsp3) is 0.190. The number of aromatic amines is 1. The predicted octanol–water partition coefficient (Wildman–Crippen LogP) is 3.55. The van der Waals surface area contributed by atoms with E-state index in [0.29, 0.717) is 27.9 Å². The first-order chi connectivity index (χ1) is 13.5. The lowest BCUT2D eigenvalue weighted by Crippen LogP contribution is -2.31. The number of nitrogens with zero attached hydrogens (tertiary/aromatic N) is 1. The molecule has 1 aliphatic heterocycles. The standard InChI is InChI=1S/C21H19N3O3S/c1-12-4-2-5-13(8-12)11-28-21-23-19-18(20(27)24-21)16(10-17(26)22-19)14-6-3-7-15(25)9-14/h2-9,16,25H,10-11H2,1H3,(H2,22,23,24,26,27)/t16-/m0/s1. The minimum atomic E-state index is -0.442. The number of hydrogen-bond donors (Lipinski definition) is 3. The van der Waals surface area contributed by atoms with Crippen molar-refractivity contribution in [3.63, 3.8) is 0 Å². The van der Waals surface area contributed by atoms with Crippen LogP contribution >= 0.6 is 11.8 Å². The molecule has 0 aliphatic carbocycles. The summed E-state index contributed by atoms with van der Waals surface area (Å²) in [4.78, 5) is 32.3. The number of phenolic OH excluding ortho intramolecular Hbond substituents is 1. The van der Waals surface area contributed by atoms with Gasteiger partial charge in [-0.2, -0.15) is 0 Å². The van der Waals surface area contributed by atoms with E-state index >= 15 is 0 Å². The molecule has 2 aromatic carbocycles. The molecule has 0 unspecified atom stereocenters. The molecular weight excluding hydrogens is 374 g/mol. The van der Waals surface area contributed by atoms with Crippen molar-refractivity contribution in [2.45, 2.75) is 30.2 Å². The van der Waals surface area contributed by atoms with Crippen LogP contribution in [0.1, 0.15) is 34.6 Å². The molecule has 1 atom stereocenters. The van der Waals surface area contributed by atoms with Crippen LogP contribution in [-0.4, -0.2) is 21.0 Å². The van der Waals surface area contributed by atoms with Crippen molar-refractivity contribution in [1.82, 2.24) is 9.97 Å². The number of thioether (sulfide) groups is 1. The van der Waals surface area contributed by atoms with Crippen LogP contribution in [0, 0.1) is 6.92 Å². The molecule has 0 bridgehead atoms. The number of benzene rings is 2. The first-order valence-corrected chi connectivity index (χ1v) is 9.89. The smallest absolute Gasteiger partial charge is 0.257 e. The molecule has 4 rings (SSSR count). The van der Waals surface area contributed by atoms with Crippen molar-refractivity contribution in [2.75, 3.05) is 5.32 Å². The maximum Gasteiger partial charge on any atom is 0.257 e. The zero-order valence-electron chi connectivity index (χ0n) is 15.2. The van der Waals surface area contributed by atoms with Crippen molar-refractivity contribution in [2.24, 2.45) is 0 Å². The molecule has 0 radical (unpaired) electrons. The molecule has 1 aliphatic rings. The largest absolute Gasteiger partial charge is 0.508 e. The second-order valence-corrected chi connectivity index (χ2v) is 7.78. The third kappa shape index (κ3) is 3.80. The van der Waals surface area contributed by atoms with Crippen molar-refractivity contribution in [3.05, 3.63) is 81.1 Å². The molecule has 1 aromatic heterocycles. The first kappa shape index (κ1) is 18.3. The maximum absolute atomic E-state index is 12.8. The molecule has 7 heteroatoms. The Bertz CT molecular complexity index is 1110. The van der Waals surface area contributed by atoms with Crippen molar-refractivity contribution < 1.29 is 9.90 Å². The summed E-state index contributed by atoms with van der Waals surface area (Å²) < 4.78 is 0. The second kappa shape index (κ2) is 7.52. The van der Waals surface area contributed by atoms with Crippen molar-refractivity contribution in [3.8, 4) is 5.75 Å². The van der Waals surface area contributed by atoms with Gasteiger partial charge in [0, 0.05) is 18.1 Å². The van der Waals surface area contributed by atoms with Gasteiger partial charge in [0.15, 0.2) is 5.16 Å². The number of carbonyl (C=O) groups excluding carboxylic acids is 1. The summed E-state index contributed by atoms with van der Waals surface area (Å²) in [5, 5.41) is 12.9. The zero-order chi connectivity index (χ0) is 19.7. The van der Waals surface area contributed by atoms with Crippen molar-refractivity contribution >= 4 is 23.5 Å². The van der Waals surface area contributed by atoms with E-state index in [0.717, 1.165) is 5.56 Å². The van der Waals surface area contributed by atoms with Crippen LogP contribution in [0.25, 0.3) is 0 Å². The molecule has 142 valence electrons. The van der Waals surface area contributed by atoms with Gasteiger partial charge in [-0.1, -0.05) is 53.7 Å². The number of phenols is 1. The SMILES string of the molecule is Cc1cccc(CSc2nc3c(c(=O)[nH]2)[C@H](c2cccc(O)c2)CC(=O)N3)c1. The number of fused-ring (bicyclic) bond motifs is 1. The maximum atomic E-state index is 12.8. The molecule has 0 fully saturated rings. The zero-order valence-corrected chi connectivity index (χ0v) is 16.0. The Morgan fingerprint density at radius 3 is 2.79 bits per heavy atom. The van der Waals surface area contributed by atoms with Crippen LogP contribution < -0.4 is 10.9 Å². The number of amides is 1. The Hall–Kier alpha value is -3.06. The Morgan fingerprint density at radius 2 is 2.00 bits per heavy atom. The van der Waals surface area contributed by atoms with Gasteiger partial charge < -0.3 is 15.4 Å². The van der Waals surface area contributed by atoms with E-state index in [-0.39, 0.29) is 23.6 Å². The van der Waals surface area contributed by atoms with E-state index in [1.165, 1.54) is 17.3 Å². The molecule has 0 saturated heterocycles. The van der Waals surface area contributed by atoms with Crippen LogP contribution in [0.5, 0.6) is 5.75 Å². The Labute approximate surface area is 166 Å². The van der Waals surface area contributed by atoms with E-state index < -0.39 is 5.92 Å². The summed E-state index contributed by atoms with van der Waals surface area (Å²) in [6.07, 6.45) is 0.136. The number of hydrogen-bond acceptors (Lipinski definition) is 5. The minimum absolute atomic E-state index is 0.0970. The van der Waals surface area contributed by atoms with Gasteiger partial charge in [-0.15, -0.1) is 0 Å². The fourth-order valence-electron chi connectivity index (χ4n) is 3.40. The van der Waals surface area contributed by atoms with E-state index in [1.807, 2.05) is 25.1 Å². The third-order valence-corrected chi connectivity index (χ3v) is 5.60. The number of aromatic hydroxyl groups is 1. The quantitative estimate of drug-likeness (QED) is 0.465. The van der Waals surface area contributed by atoms with E-state index in [1.54, 1.807) is 24.3 Å². The molecule has 0 saturated carbocycles. The molecule has 3 aromatic rings. The topological polar surface area (TPSA) is 95.1 Å². The Morgan fingerprint density at radius 1 is 1.18 bits per heavy atom. The molecule has 6 nitrogen and oxygen atoms in total. The van der Waals surface area contributed by atoms with Gasteiger partial charge >= 0.3 is 0 Å². The van der Waals surface area contributed by atoms with Gasteiger partial charge in [0.05, 0.1) is 5.56 Å². The highest BCUT2D eigenvalue weighted by Gasteiger charge is 2.31. The molecular formula is C21H19N3O3S. The number of H-pyrrole nitrogens is 1. The van der Waals surface area contributed by atoms with E-state index in [9.17, 15) is 14.7 Å². The van der Waals surface area contributed by atoms with Crippen LogP contribution in [0.15, 0.2) is 58.5 Å². The highest BCUT2D eigenvalue weighted by molar-refractivity contribution is 7.98. The predicted molar refractivity (Wildman–Crippen MR) is 109 cm³/mol. The lowest BCUT2D eigenvalue weighted by atomic mass is 9.87. The number of anilines is 1. The van der Waals surface area contributed by atoms with Gasteiger partial charge in [-0.3, -0.25) is 9.59 Å². The van der Waals surface area contributed by atoms with Gasteiger partial charge in [0.2, 0.25) is 5.91 Å². The normalized spacial score (nSPS) is 15.8. The summed E-state index contributed by atoms with van der Waals surface area (Å²) in [6, 6.07) is 14.8. The van der Waals surface area contributed by atoms with Crippen LogP contribution in [0.4, 0.5) is 5.82 Å². The summed E-state index contributed by atoms with van der Waals surface area (Å²) in [6.45, 7) is 2.03. The first-order valence-electron chi connectivity index (χ1n) is 8.91. The average Bonchev–Trinajstić information content (AvgIpc) is 2.65. The number of aryl methyl sites for hydroxylation is 1. The summed E-state index contributed by atoms with van der Waals surface area (Å²) in [5.41, 5.74) is 3.16. The number of nitrogens with one attached hydrogen (secondary N) is 2. The molecule has 3 N–H and O–H groups in total. The van der Waals surface area contributed by atoms with Crippen LogP contribution in [0.2, 0.25) is 0 Å². The average molecular weight is 393 g/mol. The molecule has 28 heavy (non-hydrogen) atoms. The lowest BCUT2D eigenvalue weighted by Gasteiger charge is -2.24. The summed E-state index contributed by atoms with van der Waals surface area (Å²) in [7, 11) is 0. The van der Waals surface area contributed by atoms with Gasteiger partial charge in [0.1, 0.15) is 11.6 Å². The number of carbonyl (C=O) groups is 1. The monoisotopic (exact) mass is 393 g/mol. The number of aromatic nitrogens is 2. The summed E-state index contributed by atoms with van der Waals surface area (Å²) in [5.74, 6) is 0.407. The van der Waals surface area contributed by atoms with E-state index in [2.05, 4.69) is 21.4 Å². The van der Waals surface area contributed by atoms with Crippen molar-refractivity contribution in [1.29, 1.82) is 0 Å². The highest BCUT2D eigenvalue weighted by Crippen LogP contribution is 2.35. The summed E-state index contributed by atoms with van der Waals surface area (Å²) >= 11 is 1.41.